The van der Waals surface area contributed by atoms with Gasteiger partial charge in [0, 0.05) is 24.2 Å². The van der Waals surface area contributed by atoms with Crippen molar-refractivity contribution in [2.75, 3.05) is 31.6 Å². The second-order valence-electron chi connectivity index (χ2n) is 8.19. The van der Waals surface area contributed by atoms with Crippen molar-refractivity contribution in [2.45, 2.75) is 20.4 Å². The molecule has 1 fully saturated rings. The highest BCUT2D eigenvalue weighted by Crippen LogP contribution is 2.38. The summed E-state index contributed by atoms with van der Waals surface area (Å²) in [6.07, 6.45) is 1.21. The molecule has 0 spiro atoms. The maximum Gasteiger partial charge on any atom is 0.269 e. The smallest absolute Gasteiger partial charge is 0.269 e. The third-order valence-electron chi connectivity index (χ3n) is 5.80. The predicted molar refractivity (Wildman–Crippen MR) is 130 cm³/mol. The first kappa shape index (κ1) is 22.2. The Morgan fingerprint density at radius 1 is 1.18 bits per heavy atom. The van der Waals surface area contributed by atoms with Gasteiger partial charge in [-0.1, -0.05) is 12.1 Å². The van der Waals surface area contributed by atoms with Crippen LogP contribution in [0.5, 0.6) is 0 Å². The van der Waals surface area contributed by atoms with Gasteiger partial charge < -0.3 is 15.0 Å². The van der Waals surface area contributed by atoms with Crippen LogP contribution < -0.4 is 10.9 Å². The van der Waals surface area contributed by atoms with Gasteiger partial charge >= 0.3 is 0 Å². The molecule has 34 heavy (non-hydrogen) atoms. The van der Waals surface area contributed by atoms with E-state index in [0.29, 0.717) is 52.7 Å². The van der Waals surface area contributed by atoms with Gasteiger partial charge in [-0.3, -0.25) is 19.0 Å². The number of hydrogen-bond acceptors (Lipinski definition) is 7. The molecule has 3 aromatic heterocycles. The molecular weight excluding hydrogens is 454 g/mol. The maximum absolute atomic E-state index is 13.4. The van der Waals surface area contributed by atoms with E-state index >= 15 is 0 Å². The Balaban J connectivity index is 1.54. The van der Waals surface area contributed by atoms with Gasteiger partial charge in [0.1, 0.15) is 16.3 Å². The minimum atomic E-state index is -0.408. The van der Waals surface area contributed by atoms with E-state index in [1.807, 2.05) is 26.0 Å². The second-order valence-corrected chi connectivity index (χ2v) is 9.19. The Hall–Kier alpha value is -3.63. The number of carbonyl (C=O) groups excluding carboxylic acids is 2. The summed E-state index contributed by atoms with van der Waals surface area (Å²) in [6.45, 7) is 5.56. The lowest BCUT2D eigenvalue weighted by Gasteiger charge is -2.26. The number of thiophene rings is 1. The van der Waals surface area contributed by atoms with E-state index in [2.05, 4.69) is 15.3 Å². The number of pyridine rings is 1. The monoisotopic (exact) mass is 477 g/mol. The Morgan fingerprint density at radius 3 is 2.74 bits per heavy atom. The number of rotatable bonds is 4. The van der Waals surface area contributed by atoms with Crippen molar-refractivity contribution in [3.05, 3.63) is 63.0 Å². The molecule has 0 unspecified atom stereocenters. The molecule has 10 heteroatoms. The van der Waals surface area contributed by atoms with Gasteiger partial charge in [-0.25, -0.2) is 9.97 Å². The van der Waals surface area contributed by atoms with Crippen LogP contribution in [-0.2, 0) is 16.1 Å². The molecule has 2 amide bonds. The highest BCUT2D eigenvalue weighted by molar-refractivity contribution is 7.21. The van der Waals surface area contributed by atoms with Crippen LogP contribution in [0.25, 0.3) is 21.3 Å². The molecule has 9 nitrogen and oxygen atoms in total. The van der Waals surface area contributed by atoms with E-state index in [0.717, 1.165) is 16.6 Å². The highest BCUT2D eigenvalue weighted by atomic mass is 32.1. The number of carbonyl (C=O) groups is 2. The molecule has 5 rings (SSSR count). The minimum Gasteiger partial charge on any atom is -0.378 e. The summed E-state index contributed by atoms with van der Waals surface area (Å²) in [5.41, 5.74) is 3.01. The van der Waals surface area contributed by atoms with Crippen molar-refractivity contribution in [3.8, 4) is 0 Å². The summed E-state index contributed by atoms with van der Waals surface area (Å²) in [5.74, 6) is -0.570. The molecule has 1 aromatic carbocycles. The zero-order valence-corrected chi connectivity index (χ0v) is 19.6. The zero-order valence-electron chi connectivity index (χ0n) is 18.8. The molecule has 1 aliphatic heterocycles. The molecule has 0 radical (unpaired) electrons. The Morgan fingerprint density at radius 2 is 1.94 bits per heavy atom. The number of benzene rings is 1. The quantitative estimate of drug-likeness (QED) is 0.484. The number of nitrogens with zero attached hydrogens (tertiary/aromatic N) is 4. The first-order valence-electron chi connectivity index (χ1n) is 10.9. The van der Waals surface area contributed by atoms with Crippen LogP contribution in [0.1, 0.15) is 20.9 Å². The molecule has 1 N–H and O–H groups in total. The van der Waals surface area contributed by atoms with Gasteiger partial charge in [-0.2, -0.15) is 0 Å². The lowest BCUT2D eigenvalue weighted by atomic mass is 10.1. The van der Waals surface area contributed by atoms with Crippen LogP contribution >= 0.6 is 11.3 Å². The third kappa shape index (κ3) is 4.06. The van der Waals surface area contributed by atoms with Crippen molar-refractivity contribution in [1.82, 2.24) is 19.4 Å². The van der Waals surface area contributed by atoms with Gasteiger partial charge in [0.2, 0.25) is 5.91 Å². The number of ether oxygens (including phenoxy) is 1. The fraction of sp³-hybridized carbons (Fsp3) is 0.292. The number of amides is 2. The zero-order chi connectivity index (χ0) is 23.8. The topological polar surface area (TPSA) is 106 Å². The molecule has 174 valence electrons. The van der Waals surface area contributed by atoms with Crippen molar-refractivity contribution in [2.24, 2.45) is 0 Å². The summed E-state index contributed by atoms with van der Waals surface area (Å²) in [5, 5.41) is 3.67. The summed E-state index contributed by atoms with van der Waals surface area (Å²) in [4.78, 5) is 50.7. The van der Waals surface area contributed by atoms with E-state index in [1.165, 1.54) is 22.1 Å². The van der Waals surface area contributed by atoms with Crippen LogP contribution in [0.15, 0.2) is 41.3 Å². The number of fused-ring (bicyclic) bond motifs is 2. The van der Waals surface area contributed by atoms with E-state index in [-0.39, 0.29) is 18.0 Å². The summed E-state index contributed by atoms with van der Waals surface area (Å²) >= 11 is 1.27. The van der Waals surface area contributed by atoms with Crippen LogP contribution in [0.4, 0.5) is 5.69 Å². The number of para-hydroxylation sites is 2. The summed E-state index contributed by atoms with van der Waals surface area (Å²) in [7, 11) is 0. The Labute approximate surface area is 199 Å². The SMILES string of the molecule is Cc1cc(C)c2c(NC(=O)Cn3c(=O)cnc4ccccc43)c(C(=O)N3CCOCC3)sc2n1. The Bertz CT molecular complexity index is 1490. The largest absolute Gasteiger partial charge is 0.378 e. The average molecular weight is 478 g/mol. The lowest BCUT2D eigenvalue weighted by molar-refractivity contribution is -0.116. The second kappa shape index (κ2) is 8.96. The van der Waals surface area contributed by atoms with E-state index in [4.69, 9.17) is 4.74 Å². The van der Waals surface area contributed by atoms with Crippen molar-refractivity contribution in [3.63, 3.8) is 0 Å². The van der Waals surface area contributed by atoms with Crippen molar-refractivity contribution < 1.29 is 14.3 Å². The Kier molecular flexibility index (Phi) is 5.84. The maximum atomic E-state index is 13.4. The number of aryl methyl sites for hydroxylation is 2. The van der Waals surface area contributed by atoms with Crippen LogP contribution in [0, 0.1) is 13.8 Å². The van der Waals surface area contributed by atoms with Crippen molar-refractivity contribution in [1.29, 1.82) is 0 Å². The normalized spacial score (nSPS) is 14.0. The fourth-order valence-electron chi connectivity index (χ4n) is 4.22. The van der Waals surface area contributed by atoms with E-state index in [9.17, 15) is 14.4 Å². The number of anilines is 1. The highest BCUT2D eigenvalue weighted by Gasteiger charge is 2.27. The number of morpholine rings is 1. The molecule has 4 aromatic rings. The molecule has 1 aliphatic rings. The van der Waals surface area contributed by atoms with Gasteiger partial charge in [-0.15, -0.1) is 11.3 Å². The van der Waals surface area contributed by atoms with E-state index in [1.54, 1.807) is 23.1 Å². The van der Waals surface area contributed by atoms with E-state index < -0.39 is 5.91 Å². The lowest BCUT2D eigenvalue weighted by Crippen LogP contribution is -2.40. The molecule has 0 aliphatic carbocycles. The van der Waals surface area contributed by atoms with Gasteiger partial charge in [0.05, 0.1) is 36.1 Å². The molecule has 0 saturated carbocycles. The molecule has 0 bridgehead atoms. The third-order valence-corrected chi connectivity index (χ3v) is 6.87. The molecule has 1 saturated heterocycles. The number of hydrogen-bond donors (Lipinski definition) is 1. The summed E-state index contributed by atoms with van der Waals surface area (Å²) < 4.78 is 6.76. The van der Waals surface area contributed by atoms with Crippen LogP contribution in [-0.4, -0.2) is 57.6 Å². The van der Waals surface area contributed by atoms with Crippen LogP contribution in [0.2, 0.25) is 0 Å². The number of nitrogens with one attached hydrogen (secondary N) is 1. The van der Waals surface area contributed by atoms with Crippen LogP contribution in [0.3, 0.4) is 0 Å². The number of aromatic nitrogens is 3. The van der Waals surface area contributed by atoms with Gasteiger partial charge in [0.25, 0.3) is 11.5 Å². The standard InChI is InChI=1S/C24H23N5O4S/c1-14-11-15(2)26-23-20(14)21(22(34-23)24(32)28-7-9-33-10-8-28)27-18(30)13-29-17-6-4-3-5-16(17)25-12-19(29)31/h3-6,11-12H,7-10,13H2,1-2H3,(H,27,30). The predicted octanol–water partition coefficient (Wildman–Crippen LogP) is 2.73. The molecular formula is C24H23N5O4S. The van der Waals surface area contributed by atoms with Crippen molar-refractivity contribution >= 4 is 50.1 Å². The molecule has 4 heterocycles. The minimum absolute atomic E-state index is 0.162. The average Bonchev–Trinajstić information content (AvgIpc) is 3.19. The summed E-state index contributed by atoms with van der Waals surface area (Å²) in [6, 6.07) is 9.07. The fourth-order valence-corrected chi connectivity index (χ4v) is 5.44. The van der Waals surface area contributed by atoms with Gasteiger partial charge in [0.15, 0.2) is 0 Å². The molecule has 0 atom stereocenters. The first-order chi connectivity index (χ1) is 16.4. The van der Waals surface area contributed by atoms with Gasteiger partial charge in [-0.05, 0) is 37.6 Å². The first-order valence-corrected chi connectivity index (χ1v) is 11.8.